The number of carbonyl (C=O) groups excluding carboxylic acids is 1. The topological polar surface area (TPSA) is 57.8 Å². The summed E-state index contributed by atoms with van der Waals surface area (Å²) in [5, 5.41) is 0. The summed E-state index contributed by atoms with van der Waals surface area (Å²) < 4.78 is 5.78. The molecular weight excluding hydrogens is 218 g/mol. The maximum atomic E-state index is 11.3. The largest absolute Gasteiger partial charge is 1.00 e. The lowest BCUT2D eigenvalue weighted by molar-refractivity contribution is -0.916. The molecule has 15 heavy (non-hydrogen) atoms. The lowest BCUT2D eigenvalue weighted by atomic mass is 10.3. The maximum absolute atomic E-state index is 11.3. The highest BCUT2D eigenvalue weighted by Gasteiger charge is 2.25. The number of halogens is 1. The quantitative estimate of drug-likeness (QED) is 0.385. The average molecular weight is 242 g/mol. The molecule has 0 spiro atoms. The molecule has 0 amide bonds. The SMILES string of the molecule is CCOC(=O)C[N+](CC)(CC)CC.O.[Cl-]. The first-order valence-corrected chi connectivity index (χ1v) is 5.14. The van der Waals surface area contributed by atoms with Crippen molar-refractivity contribution >= 4 is 5.97 Å². The highest BCUT2D eigenvalue weighted by molar-refractivity contribution is 5.70. The second kappa shape index (κ2) is 10.2. The molecule has 0 atom stereocenters. The van der Waals surface area contributed by atoms with Crippen molar-refractivity contribution in [1.29, 1.82) is 0 Å². The van der Waals surface area contributed by atoms with Crippen LogP contribution in [-0.4, -0.2) is 48.7 Å². The van der Waals surface area contributed by atoms with Crippen molar-refractivity contribution in [3.8, 4) is 0 Å². The third kappa shape index (κ3) is 6.71. The van der Waals surface area contributed by atoms with Gasteiger partial charge in [-0.1, -0.05) is 0 Å². The van der Waals surface area contributed by atoms with E-state index in [9.17, 15) is 4.79 Å². The number of hydrogen-bond donors (Lipinski definition) is 0. The molecule has 0 aliphatic heterocycles. The molecule has 0 rings (SSSR count). The van der Waals surface area contributed by atoms with Crippen molar-refractivity contribution in [3.05, 3.63) is 0 Å². The third-order valence-corrected chi connectivity index (χ3v) is 2.78. The van der Waals surface area contributed by atoms with Crippen LogP contribution in [0.25, 0.3) is 0 Å². The first-order chi connectivity index (χ1) is 6.14. The van der Waals surface area contributed by atoms with Gasteiger partial charge in [0.25, 0.3) is 0 Å². The molecule has 0 bridgehead atoms. The van der Waals surface area contributed by atoms with E-state index in [1.165, 1.54) is 0 Å². The Kier molecular flexibility index (Phi) is 13.7. The van der Waals surface area contributed by atoms with E-state index in [4.69, 9.17) is 4.74 Å². The molecule has 94 valence electrons. The Balaban J connectivity index is -0.000000720. The van der Waals surface area contributed by atoms with Crippen LogP contribution in [0.4, 0.5) is 0 Å². The third-order valence-electron chi connectivity index (χ3n) is 2.78. The van der Waals surface area contributed by atoms with Crippen molar-refractivity contribution < 1.29 is 31.9 Å². The molecule has 0 saturated heterocycles. The summed E-state index contributed by atoms with van der Waals surface area (Å²) in [6.45, 7) is 12.2. The highest BCUT2D eigenvalue weighted by Crippen LogP contribution is 2.05. The standard InChI is InChI=1S/C10H22NO2.ClH.H2O/c1-5-11(6-2,7-3)9-10(12)13-8-4;;/h5-9H2,1-4H3;1H;1H2/q+1;;/p-1. The number of hydrogen-bond acceptors (Lipinski definition) is 2. The van der Waals surface area contributed by atoms with Crippen LogP contribution in [0, 0.1) is 0 Å². The molecule has 4 nitrogen and oxygen atoms in total. The minimum Gasteiger partial charge on any atom is -1.00 e. The van der Waals surface area contributed by atoms with Crippen LogP contribution in [-0.2, 0) is 9.53 Å². The smallest absolute Gasteiger partial charge is 0.361 e. The summed E-state index contributed by atoms with van der Waals surface area (Å²) in [7, 11) is 0. The fourth-order valence-electron chi connectivity index (χ4n) is 1.49. The zero-order valence-electron chi connectivity index (χ0n) is 10.2. The summed E-state index contributed by atoms with van der Waals surface area (Å²) in [5.41, 5.74) is 0. The van der Waals surface area contributed by atoms with E-state index in [2.05, 4.69) is 20.8 Å². The number of esters is 1. The number of rotatable bonds is 6. The predicted octanol–water partition coefficient (Wildman–Crippen LogP) is -2.39. The second-order valence-electron chi connectivity index (χ2n) is 3.25. The first-order valence-electron chi connectivity index (χ1n) is 5.14. The van der Waals surface area contributed by atoms with E-state index in [1.54, 1.807) is 0 Å². The molecular formula is C10H24ClNO3. The minimum atomic E-state index is -0.0759. The van der Waals surface area contributed by atoms with Gasteiger partial charge in [-0.2, -0.15) is 0 Å². The van der Waals surface area contributed by atoms with Gasteiger partial charge in [0, 0.05) is 0 Å². The van der Waals surface area contributed by atoms with Gasteiger partial charge in [-0.25, -0.2) is 4.79 Å². The van der Waals surface area contributed by atoms with Crippen molar-refractivity contribution in [2.75, 3.05) is 32.8 Å². The fourth-order valence-corrected chi connectivity index (χ4v) is 1.49. The summed E-state index contributed by atoms with van der Waals surface area (Å²) in [6, 6.07) is 0. The molecule has 0 aromatic heterocycles. The Bertz CT molecular complexity index is 152. The average Bonchev–Trinajstić information content (AvgIpc) is 2.15. The number of ether oxygens (including phenoxy) is 1. The molecule has 5 heteroatoms. The van der Waals surface area contributed by atoms with Gasteiger partial charge in [0.15, 0.2) is 6.54 Å². The van der Waals surface area contributed by atoms with Crippen molar-refractivity contribution in [2.45, 2.75) is 27.7 Å². The molecule has 0 aliphatic carbocycles. The van der Waals surface area contributed by atoms with Crippen molar-refractivity contribution in [1.82, 2.24) is 0 Å². The highest BCUT2D eigenvalue weighted by atomic mass is 35.5. The van der Waals surface area contributed by atoms with E-state index in [1.807, 2.05) is 6.92 Å². The Labute approximate surface area is 98.9 Å². The van der Waals surface area contributed by atoms with Gasteiger partial charge in [-0.05, 0) is 27.7 Å². The van der Waals surface area contributed by atoms with Crippen LogP contribution in [0.2, 0.25) is 0 Å². The van der Waals surface area contributed by atoms with Crippen LogP contribution in [0.1, 0.15) is 27.7 Å². The summed E-state index contributed by atoms with van der Waals surface area (Å²) in [5.74, 6) is -0.0759. The molecule has 2 N–H and O–H groups in total. The van der Waals surface area contributed by atoms with Gasteiger partial charge in [-0.3, -0.25) is 0 Å². The number of nitrogens with zero attached hydrogens (tertiary/aromatic N) is 1. The summed E-state index contributed by atoms with van der Waals surface area (Å²) in [4.78, 5) is 11.3. The fraction of sp³-hybridized carbons (Fsp3) is 0.900. The van der Waals surface area contributed by atoms with Crippen LogP contribution in [0.5, 0.6) is 0 Å². The molecule has 0 aromatic carbocycles. The zero-order chi connectivity index (χ0) is 10.3. The van der Waals surface area contributed by atoms with E-state index >= 15 is 0 Å². The monoisotopic (exact) mass is 241 g/mol. The van der Waals surface area contributed by atoms with Crippen LogP contribution >= 0.6 is 0 Å². The van der Waals surface area contributed by atoms with E-state index < -0.39 is 0 Å². The van der Waals surface area contributed by atoms with E-state index in [0.717, 1.165) is 24.1 Å². The Hall–Kier alpha value is -0.320. The number of quaternary nitrogens is 1. The molecule has 0 saturated carbocycles. The summed E-state index contributed by atoms with van der Waals surface area (Å²) >= 11 is 0. The molecule has 0 radical (unpaired) electrons. The van der Waals surface area contributed by atoms with Crippen LogP contribution in [0.3, 0.4) is 0 Å². The van der Waals surface area contributed by atoms with Gasteiger partial charge < -0.3 is 27.1 Å². The summed E-state index contributed by atoms with van der Waals surface area (Å²) in [6.07, 6.45) is 0. The second-order valence-corrected chi connectivity index (χ2v) is 3.25. The maximum Gasteiger partial charge on any atom is 0.361 e. The van der Waals surface area contributed by atoms with E-state index in [-0.39, 0.29) is 23.9 Å². The van der Waals surface area contributed by atoms with Gasteiger partial charge in [0.05, 0.1) is 26.2 Å². The van der Waals surface area contributed by atoms with Crippen molar-refractivity contribution in [2.24, 2.45) is 0 Å². The molecule has 0 heterocycles. The Morgan fingerprint density at radius 2 is 1.47 bits per heavy atom. The lowest BCUT2D eigenvalue weighted by Crippen LogP contribution is -3.00. The number of likely N-dealkylation sites (N-methyl/N-ethyl adjacent to an activating group) is 1. The Morgan fingerprint density at radius 3 is 1.73 bits per heavy atom. The minimum absolute atomic E-state index is 0. The number of carbonyl (C=O) groups is 1. The zero-order valence-corrected chi connectivity index (χ0v) is 10.9. The van der Waals surface area contributed by atoms with Crippen LogP contribution in [0.15, 0.2) is 0 Å². The normalized spacial score (nSPS) is 9.87. The molecule has 0 aromatic rings. The molecule has 0 unspecified atom stereocenters. The van der Waals surface area contributed by atoms with E-state index in [0.29, 0.717) is 13.2 Å². The Morgan fingerprint density at radius 1 is 1.07 bits per heavy atom. The van der Waals surface area contributed by atoms with Crippen LogP contribution < -0.4 is 12.4 Å². The van der Waals surface area contributed by atoms with Gasteiger partial charge in [0.2, 0.25) is 0 Å². The van der Waals surface area contributed by atoms with Crippen molar-refractivity contribution in [3.63, 3.8) is 0 Å². The van der Waals surface area contributed by atoms with Gasteiger partial charge in [-0.15, -0.1) is 0 Å². The molecule has 0 fully saturated rings. The lowest BCUT2D eigenvalue weighted by Gasteiger charge is -2.34. The van der Waals surface area contributed by atoms with Gasteiger partial charge in [0.1, 0.15) is 0 Å². The molecule has 0 aliphatic rings. The predicted molar refractivity (Wildman–Crippen MR) is 57.0 cm³/mol. The van der Waals surface area contributed by atoms with Gasteiger partial charge >= 0.3 is 5.97 Å². The first kappa shape index (κ1) is 20.1.